The number of rotatable bonds is 6. The quantitative estimate of drug-likeness (QED) is 0.405. The molecule has 0 bridgehead atoms. The second kappa shape index (κ2) is 9.85. The van der Waals surface area contributed by atoms with E-state index >= 15 is 0 Å². The number of hydrogen-bond acceptors (Lipinski definition) is 8. The van der Waals surface area contributed by atoms with Gasteiger partial charge in [-0.1, -0.05) is 0 Å². The first-order valence-electron chi connectivity index (χ1n) is 12.1. The molecule has 7 nitrogen and oxygen atoms in total. The van der Waals surface area contributed by atoms with Gasteiger partial charge in [0.05, 0.1) is 34.8 Å². The molecule has 2 aliphatic heterocycles. The second-order valence-corrected chi connectivity index (χ2v) is 9.96. The van der Waals surface area contributed by atoms with E-state index in [1.54, 1.807) is 23.5 Å². The number of pyridine rings is 2. The fourth-order valence-electron chi connectivity index (χ4n) is 4.67. The summed E-state index contributed by atoms with van der Waals surface area (Å²) in [5.41, 5.74) is 4.04. The minimum atomic E-state index is -0.251. The summed E-state index contributed by atoms with van der Waals surface area (Å²) < 4.78 is 19.8. The number of benzene rings is 1. The molecule has 1 N–H and O–H groups in total. The minimum Gasteiger partial charge on any atom is -0.378 e. The van der Waals surface area contributed by atoms with Gasteiger partial charge in [-0.3, -0.25) is 4.90 Å². The van der Waals surface area contributed by atoms with Crippen molar-refractivity contribution in [1.29, 1.82) is 0 Å². The lowest BCUT2D eigenvalue weighted by molar-refractivity contribution is 0.122. The van der Waals surface area contributed by atoms with E-state index in [-0.39, 0.29) is 5.82 Å². The van der Waals surface area contributed by atoms with E-state index in [9.17, 15) is 4.39 Å². The molecular weight excluding hydrogens is 463 g/mol. The second-order valence-electron chi connectivity index (χ2n) is 8.93. The number of anilines is 3. The molecule has 1 aromatic carbocycles. The van der Waals surface area contributed by atoms with Crippen LogP contribution in [-0.4, -0.2) is 59.2 Å². The number of halogens is 1. The molecule has 0 saturated carbocycles. The number of ether oxygens (including phenoxy) is 1. The van der Waals surface area contributed by atoms with E-state index in [0.717, 1.165) is 78.2 Å². The molecule has 180 valence electrons. The summed E-state index contributed by atoms with van der Waals surface area (Å²) in [6.45, 7) is 6.38. The van der Waals surface area contributed by atoms with E-state index in [1.165, 1.54) is 30.7 Å². The molecule has 6 rings (SSSR count). The van der Waals surface area contributed by atoms with Crippen molar-refractivity contribution in [2.24, 2.45) is 0 Å². The standard InChI is InChI=1S/C26H27FN6OS/c27-19-5-3-18(4-6-19)26-30-20-15-25(28-16-23(20)35-26)31-24-8-7-22(33-11-13-34-14-12-33)21(29-24)17-32-9-1-2-10-32/h3-8,15-16H,1-2,9-14,17H2,(H,28,29,31). The van der Waals surface area contributed by atoms with Gasteiger partial charge in [-0.15, -0.1) is 11.3 Å². The SMILES string of the molecule is Fc1ccc(-c2nc3cc(Nc4ccc(N5CCOCC5)c(CN5CCCC5)n4)ncc3s2)cc1. The van der Waals surface area contributed by atoms with Gasteiger partial charge in [0.1, 0.15) is 22.5 Å². The van der Waals surface area contributed by atoms with Crippen LogP contribution in [0.2, 0.25) is 0 Å². The third-order valence-corrected chi connectivity index (χ3v) is 7.55. The van der Waals surface area contributed by atoms with Gasteiger partial charge in [0, 0.05) is 37.5 Å². The van der Waals surface area contributed by atoms with Gasteiger partial charge in [-0.25, -0.2) is 19.3 Å². The van der Waals surface area contributed by atoms with Crippen molar-refractivity contribution in [2.45, 2.75) is 19.4 Å². The van der Waals surface area contributed by atoms with Crippen molar-refractivity contribution in [3.8, 4) is 10.6 Å². The Bertz CT molecular complexity index is 1320. The zero-order valence-corrected chi connectivity index (χ0v) is 20.2. The summed E-state index contributed by atoms with van der Waals surface area (Å²) in [6.07, 6.45) is 4.33. The molecule has 2 fully saturated rings. The Hall–Kier alpha value is -3.14. The van der Waals surface area contributed by atoms with E-state index in [0.29, 0.717) is 5.82 Å². The zero-order valence-electron chi connectivity index (χ0n) is 19.4. The van der Waals surface area contributed by atoms with Crippen LogP contribution in [-0.2, 0) is 11.3 Å². The average molecular weight is 491 g/mol. The first-order chi connectivity index (χ1) is 17.2. The molecule has 3 aromatic heterocycles. The first kappa shape index (κ1) is 22.3. The van der Waals surface area contributed by atoms with Crippen molar-refractivity contribution in [3.63, 3.8) is 0 Å². The highest BCUT2D eigenvalue weighted by Gasteiger charge is 2.20. The van der Waals surface area contributed by atoms with E-state index in [4.69, 9.17) is 14.7 Å². The number of morpholine rings is 1. The Kier molecular flexibility index (Phi) is 6.28. The van der Waals surface area contributed by atoms with Crippen LogP contribution >= 0.6 is 11.3 Å². The van der Waals surface area contributed by atoms with Crippen LogP contribution in [0.25, 0.3) is 20.8 Å². The number of nitrogens with one attached hydrogen (secondary N) is 1. The molecule has 5 heterocycles. The summed E-state index contributed by atoms with van der Waals surface area (Å²) in [6, 6.07) is 12.5. The molecule has 0 aliphatic carbocycles. The van der Waals surface area contributed by atoms with Crippen molar-refractivity contribution in [3.05, 3.63) is 60.2 Å². The highest BCUT2D eigenvalue weighted by atomic mass is 32.1. The Morgan fingerprint density at radius 2 is 1.74 bits per heavy atom. The largest absolute Gasteiger partial charge is 0.378 e. The van der Waals surface area contributed by atoms with Gasteiger partial charge >= 0.3 is 0 Å². The van der Waals surface area contributed by atoms with Crippen LogP contribution in [0, 0.1) is 5.82 Å². The zero-order chi connectivity index (χ0) is 23.6. The van der Waals surface area contributed by atoms with E-state index in [2.05, 4.69) is 26.2 Å². The molecule has 0 atom stereocenters. The van der Waals surface area contributed by atoms with Crippen molar-refractivity contribution in [1.82, 2.24) is 19.9 Å². The lowest BCUT2D eigenvalue weighted by Gasteiger charge is -2.31. The number of aromatic nitrogens is 3. The third kappa shape index (κ3) is 4.98. The van der Waals surface area contributed by atoms with Crippen LogP contribution in [0.4, 0.5) is 21.7 Å². The number of thiazole rings is 1. The molecule has 0 unspecified atom stereocenters. The maximum Gasteiger partial charge on any atom is 0.133 e. The van der Waals surface area contributed by atoms with Gasteiger partial charge in [-0.05, 0) is 62.3 Å². The fourth-order valence-corrected chi connectivity index (χ4v) is 5.60. The van der Waals surface area contributed by atoms with Gasteiger partial charge in [0.25, 0.3) is 0 Å². The predicted molar refractivity (Wildman–Crippen MR) is 138 cm³/mol. The number of hydrogen-bond donors (Lipinski definition) is 1. The monoisotopic (exact) mass is 490 g/mol. The van der Waals surface area contributed by atoms with Crippen molar-refractivity contribution in [2.75, 3.05) is 49.6 Å². The molecule has 9 heteroatoms. The van der Waals surface area contributed by atoms with Gasteiger partial charge in [0.2, 0.25) is 0 Å². The molecule has 2 saturated heterocycles. The normalized spacial score (nSPS) is 16.8. The smallest absolute Gasteiger partial charge is 0.133 e. The van der Waals surface area contributed by atoms with Crippen molar-refractivity contribution < 1.29 is 9.13 Å². The topological polar surface area (TPSA) is 66.4 Å². The van der Waals surface area contributed by atoms with Gasteiger partial charge < -0.3 is 15.0 Å². The third-order valence-electron chi connectivity index (χ3n) is 6.50. The summed E-state index contributed by atoms with van der Waals surface area (Å²) >= 11 is 1.55. The van der Waals surface area contributed by atoms with Crippen molar-refractivity contribution >= 4 is 38.9 Å². The molecule has 0 spiro atoms. The first-order valence-corrected chi connectivity index (χ1v) is 12.9. The number of likely N-dealkylation sites (tertiary alicyclic amines) is 1. The number of fused-ring (bicyclic) bond motifs is 1. The Morgan fingerprint density at radius 3 is 2.54 bits per heavy atom. The molecule has 0 radical (unpaired) electrons. The Balaban J connectivity index is 1.26. The van der Waals surface area contributed by atoms with Crippen LogP contribution in [0.1, 0.15) is 18.5 Å². The van der Waals surface area contributed by atoms with Gasteiger partial charge in [0.15, 0.2) is 0 Å². The maximum absolute atomic E-state index is 13.3. The van der Waals surface area contributed by atoms with Crippen LogP contribution < -0.4 is 10.2 Å². The van der Waals surface area contributed by atoms with Gasteiger partial charge in [-0.2, -0.15) is 0 Å². The fraction of sp³-hybridized carbons (Fsp3) is 0.346. The average Bonchev–Trinajstić information content (AvgIpc) is 3.55. The summed E-state index contributed by atoms with van der Waals surface area (Å²) in [7, 11) is 0. The molecular formula is C26H27FN6OS. The van der Waals surface area contributed by atoms with E-state index in [1.807, 2.05) is 18.3 Å². The Labute approximate surface area is 207 Å². The summed E-state index contributed by atoms with van der Waals surface area (Å²) in [4.78, 5) is 19.2. The highest BCUT2D eigenvalue weighted by Crippen LogP contribution is 2.32. The minimum absolute atomic E-state index is 0.251. The lowest BCUT2D eigenvalue weighted by atomic mass is 10.2. The summed E-state index contributed by atoms with van der Waals surface area (Å²) in [5, 5.41) is 4.23. The molecule has 35 heavy (non-hydrogen) atoms. The predicted octanol–water partition coefficient (Wildman–Crippen LogP) is 5.07. The highest BCUT2D eigenvalue weighted by molar-refractivity contribution is 7.21. The Morgan fingerprint density at radius 1 is 0.943 bits per heavy atom. The van der Waals surface area contributed by atoms with Crippen LogP contribution in [0.5, 0.6) is 0 Å². The van der Waals surface area contributed by atoms with E-state index < -0.39 is 0 Å². The molecule has 0 amide bonds. The molecule has 4 aromatic rings. The van der Waals surface area contributed by atoms with Crippen LogP contribution in [0.15, 0.2) is 48.7 Å². The summed E-state index contributed by atoms with van der Waals surface area (Å²) in [5.74, 6) is 1.23. The molecule has 2 aliphatic rings. The van der Waals surface area contributed by atoms with Crippen LogP contribution in [0.3, 0.4) is 0 Å². The maximum atomic E-state index is 13.3. The lowest BCUT2D eigenvalue weighted by Crippen LogP contribution is -2.37. The number of nitrogens with zero attached hydrogens (tertiary/aromatic N) is 5.